The molecule has 13 heavy (non-hydrogen) atoms. The van der Waals surface area contributed by atoms with E-state index in [2.05, 4.69) is 5.10 Å². The lowest BCUT2D eigenvalue weighted by Crippen LogP contribution is -2.22. The molecule has 0 bridgehead atoms. The maximum atomic E-state index is 11.4. The molecular formula is C9H15N3O. The van der Waals surface area contributed by atoms with Gasteiger partial charge in [-0.1, -0.05) is 6.92 Å². The number of nitrogens with two attached hydrogens (primary N) is 1. The van der Waals surface area contributed by atoms with Gasteiger partial charge >= 0.3 is 0 Å². The molecule has 0 aliphatic rings. The van der Waals surface area contributed by atoms with Gasteiger partial charge in [-0.15, -0.1) is 0 Å². The van der Waals surface area contributed by atoms with Crippen molar-refractivity contribution in [2.45, 2.75) is 13.3 Å². The van der Waals surface area contributed by atoms with E-state index in [1.165, 1.54) is 0 Å². The number of hydrogen-bond acceptors (Lipinski definition) is 3. The zero-order valence-electron chi connectivity index (χ0n) is 8.03. The molecule has 1 rings (SSSR count). The minimum absolute atomic E-state index is 0.0676. The zero-order valence-corrected chi connectivity index (χ0v) is 8.03. The third-order valence-corrected chi connectivity index (χ3v) is 2.03. The Balaban J connectivity index is 2.54. The number of Topliss-reactive ketones (excluding diaryl/α,β-unsaturated/α-hetero) is 1. The third kappa shape index (κ3) is 2.66. The van der Waals surface area contributed by atoms with Gasteiger partial charge in [0.05, 0.1) is 12.1 Å². The molecule has 0 spiro atoms. The summed E-state index contributed by atoms with van der Waals surface area (Å²) in [6, 6.07) is 1.85. The second kappa shape index (κ2) is 4.18. The average molecular weight is 181 g/mol. The second-order valence-corrected chi connectivity index (χ2v) is 3.26. The smallest absolute Gasteiger partial charge is 0.142 e. The van der Waals surface area contributed by atoms with Gasteiger partial charge in [-0.05, 0) is 6.07 Å². The molecule has 0 aliphatic heterocycles. The highest BCUT2D eigenvalue weighted by molar-refractivity contribution is 5.82. The van der Waals surface area contributed by atoms with Gasteiger partial charge in [0, 0.05) is 25.7 Å². The standard InChI is InChI=1S/C9H15N3O/c1-7(6-10)9(13)5-8-3-4-12(2)11-8/h3-4,7H,5-6,10H2,1-2H3. The van der Waals surface area contributed by atoms with Gasteiger partial charge in [-0.25, -0.2) is 0 Å². The number of ketones is 1. The Labute approximate surface area is 77.7 Å². The van der Waals surface area contributed by atoms with E-state index in [9.17, 15) is 4.79 Å². The monoisotopic (exact) mass is 181 g/mol. The average Bonchev–Trinajstić information content (AvgIpc) is 2.49. The first-order valence-electron chi connectivity index (χ1n) is 4.34. The van der Waals surface area contributed by atoms with Gasteiger partial charge < -0.3 is 5.73 Å². The number of carbonyl (C=O) groups is 1. The molecule has 1 aromatic rings. The normalized spacial score (nSPS) is 12.8. The lowest BCUT2D eigenvalue weighted by molar-refractivity contribution is -0.121. The SMILES string of the molecule is CC(CN)C(=O)Cc1ccn(C)n1. The van der Waals surface area contributed by atoms with Gasteiger partial charge in [0.15, 0.2) is 0 Å². The van der Waals surface area contributed by atoms with Crippen LogP contribution in [0, 0.1) is 5.92 Å². The van der Waals surface area contributed by atoms with Gasteiger partial charge in [-0.2, -0.15) is 5.10 Å². The fourth-order valence-corrected chi connectivity index (χ4v) is 1.04. The van der Waals surface area contributed by atoms with Gasteiger partial charge in [0.2, 0.25) is 0 Å². The Morgan fingerprint density at radius 3 is 2.92 bits per heavy atom. The predicted octanol–water partition coefficient (Wildman–Crippen LogP) is 0.126. The Morgan fingerprint density at radius 1 is 1.77 bits per heavy atom. The fraction of sp³-hybridized carbons (Fsp3) is 0.556. The maximum Gasteiger partial charge on any atom is 0.142 e. The van der Waals surface area contributed by atoms with E-state index in [1.807, 2.05) is 26.2 Å². The molecule has 4 nitrogen and oxygen atoms in total. The summed E-state index contributed by atoms with van der Waals surface area (Å²) in [7, 11) is 1.83. The fourth-order valence-electron chi connectivity index (χ4n) is 1.04. The van der Waals surface area contributed by atoms with Crippen LogP contribution in [0.2, 0.25) is 0 Å². The minimum atomic E-state index is -0.0676. The largest absolute Gasteiger partial charge is 0.330 e. The summed E-state index contributed by atoms with van der Waals surface area (Å²) in [5, 5.41) is 4.12. The van der Waals surface area contributed by atoms with Crippen LogP contribution in [0.1, 0.15) is 12.6 Å². The lowest BCUT2D eigenvalue weighted by Gasteiger charge is -2.04. The van der Waals surface area contributed by atoms with Gasteiger partial charge in [-0.3, -0.25) is 9.48 Å². The number of hydrogen-bond donors (Lipinski definition) is 1. The summed E-state index contributed by atoms with van der Waals surface area (Å²) in [6.07, 6.45) is 2.22. The highest BCUT2D eigenvalue weighted by Gasteiger charge is 2.12. The van der Waals surface area contributed by atoms with E-state index in [0.717, 1.165) is 5.69 Å². The first-order valence-corrected chi connectivity index (χ1v) is 4.34. The van der Waals surface area contributed by atoms with Crippen LogP contribution < -0.4 is 5.73 Å². The van der Waals surface area contributed by atoms with Crippen LogP contribution in [0.3, 0.4) is 0 Å². The van der Waals surface area contributed by atoms with E-state index >= 15 is 0 Å². The Morgan fingerprint density at radius 2 is 2.46 bits per heavy atom. The van der Waals surface area contributed by atoms with Crippen LogP contribution in [0.5, 0.6) is 0 Å². The topological polar surface area (TPSA) is 60.9 Å². The molecule has 4 heteroatoms. The van der Waals surface area contributed by atoms with Crippen LogP contribution in [0.25, 0.3) is 0 Å². The van der Waals surface area contributed by atoms with E-state index in [-0.39, 0.29) is 11.7 Å². The molecule has 0 saturated heterocycles. The number of nitrogens with zero attached hydrogens (tertiary/aromatic N) is 2. The van der Waals surface area contributed by atoms with Crippen LogP contribution in [0.15, 0.2) is 12.3 Å². The van der Waals surface area contributed by atoms with E-state index in [1.54, 1.807) is 4.68 Å². The summed E-state index contributed by atoms with van der Waals surface area (Å²) in [6.45, 7) is 2.25. The molecule has 0 saturated carbocycles. The molecule has 72 valence electrons. The van der Waals surface area contributed by atoms with Crippen LogP contribution in [-0.4, -0.2) is 22.1 Å². The first-order chi connectivity index (χ1) is 6.13. The third-order valence-electron chi connectivity index (χ3n) is 2.03. The molecular weight excluding hydrogens is 166 g/mol. The van der Waals surface area contributed by atoms with Crippen LogP contribution in [-0.2, 0) is 18.3 Å². The van der Waals surface area contributed by atoms with Crippen molar-refractivity contribution in [3.63, 3.8) is 0 Å². The summed E-state index contributed by atoms with van der Waals surface area (Å²) in [4.78, 5) is 11.4. The number of aryl methyl sites for hydroxylation is 1. The molecule has 2 N–H and O–H groups in total. The first kappa shape index (κ1) is 9.92. The predicted molar refractivity (Wildman–Crippen MR) is 50.1 cm³/mol. The molecule has 0 fully saturated rings. The maximum absolute atomic E-state index is 11.4. The number of rotatable bonds is 4. The van der Waals surface area contributed by atoms with Crippen LogP contribution >= 0.6 is 0 Å². The second-order valence-electron chi connectivity index (χ2n) is 3.26. The summed E-state index contributed by atoms with van der Waals surface area (Å²) >= 11 is 0. The summed E-state index contributed by atoms with van der Waals surface area (Å²) in [5.74, 6) is 0.0863. The molecule has 0 amide bonds. The van der Waals surface area contributed by atoms with E-state index < -0.39 is 0 Å². The van der Waals surface area contributed by atoms with Crippen molar-refractivity contribution in [3.8, 4) is 0 Å². The van der Waals surface area contributed by atoms with E-state index in [4.69, 9.17) is 5.73 Å². The van der Waals surface area contributed by atoms with Crippen molar-refractivity contribution >= 4 is 5.78 Å². The van der Waals surface area contributed by atoms with Crippen molar-refractivity contribution in [2.24, 2.45) is 18.7 Å². The summed E-state index contributed by atoms with van der Waals surface area (Å²) < 4.78 is 1.69. The highest BCUT2D eigenvalue weighted by atomic mass is 16.1. The molecule has 0 aliphatic carbocycles. The van der Waals surface area contributed by atoms with Crippen molar-refractivity contribution in [2.75, 3.05) is 6.54 Å². The Kier molecular flexibility index (Phi) is 3.19. The number of carbonyl (C=O) groups excluding carboxylic acids is 1. The highest BCUT2D eigenvalue weighted by Crippen LogP contribution is 2.02. The van der Waals surface area contributed by atoms with Crippen molar-refractivity contribution in [3.05, 3.63) is 18.0 Å². The quantitative estimate of drug-likeness (QED) is 0.718. The molecule has 0 aromatic carbocycles. The van der Waals surface area contributed by atoms with Gasteiger partial charge in [0.25, 0.3) is 0 Å². The molecule has 1 atom stereocenters. The van der Waals surface area contributed by atoms with Gasteiger partial charge in [0.1, 0.15) is 5.78 Å². The van der Waals surface area contributed by atoms with Crippen molar-refractivity contribution in [1.82, 2.24) is 9.78 Å². The Hall–Kier alpha value is -1.16. The summed E-state index contributed by atoms with van der Waals surface area (Å²) in [5.41, 5.74) is 6.20. The molecule has 1 aromatic heterocycles. The zero-order chi connectivity index (χ0) is 9.84. The number of aromatic nitrogens is 2. The molecule has 1 heterocycles. The minimum Gasteiger partial charge on any atom is -0.330 e. The van der Waals surface area contributed by atoms with Crippen LogP contribution in [0.4, 0.5) is 0 Å². The van der Waals surface area contributed by atoms with Crippen molar-refractivity contribution in [1.29, 1.82) is 0 Å². The van der Waals surface area contributed by atoms with E-state index in [0.29, 0.717) is 13.0 Å². The molecule has 1 unspecified atom stereocenters. The molecule has 0 radical (unpaired) electrons. The lowest BCUT2D eigenvalue weighted by atomic mass is 10.0. The Bertz CT molecular complexity index is 293. The van der Waals surface area contributed by atoms with Crippen molar-refractivity contribution < 1.29 is 4.79 Å².